The van der Waals surface area contributed by atoms with Crippen LogP contribution >= 0.6 is 11.6 Å². The third-order valence-electron chi connectivity index (χ3n) is 5.52. The van der Waals surface area contributed by atoms with Crippen molar-refractivity contribution in [2.24, 2.45) is 9.98 Å². The highest BCUT2D eigenvalue weighted by atomic mass is 35.5. The van der Waals surface area contributed by atoms with Crippen LogP contribution in [0.5, 0.6) is 0 Å². The van der Waals surface area contributed by atoms with E-state index < -0.39 is 0 Å². The van der Waals surface area contributed by atoms with Crippen LogP contribution in [0.2, 0.25) is 5.02 Å². The number of aliphatic imine (C=N–C) groups is 2. The molecular weight excluding hydrogens is 416 g/mol. The molecule has 1 aliphatic heterocycles. The zero-order valence-corrected chi connectivity index (χ0v) is 18.2. The molecule has 2 aliphatic rings. The highest BCUT2D eigenvalue weighted by molar-refractivity contribution is 6.31. The van der Waals surface area contributed by atoms with Crippen molar-refractivity contribution in [3.8, 4) is 11.1 Å². The molecule has 32 heavy (non-hydrogen) atoms. The van der Waals surface area contributed by atoms with Gasteiger partial charge in [0.1, 0.15) is 0 Å². The van der Waals surface area contributed by atoms with E-state index >= 15 is 0 Å². The summed E-state index contributed by atoms with van der Waals surface area (Å²) in [6, 6.07) is 23.7. The number of benzene rings is 3. The molecule has 1 atom stereocenters. The molecule has 3 aromatic carbocycles. The maximum atomic E-state index is 6.17. The summed E-state index contributed by atoms with van der Waals surface area (Å²) in [6.07, 6.45) is 8.15. The Morgan fingerprint density at radius 1 is 0.906 bits per heavy atom. The lowest BCUT2D eigenvalue weighted by molar-refractivity contribution is 0.876. The van der Waals surface area contributed by atoms with E-state index in [1.54, 1.807) is 6.07 Å². The van der Waals surface area contributed by atoms with E-state index in [1.165, 1.54) is 0 Å². The highest BCUT2D eigenvalue weighted by Crippen LogP contribution is 2.34. The molecule has 1 aliphatic carbocycles. The monoisotopic (exact) mass is 437 g/mol. The predicted molar refractivity (Wildman–Crippen MR) is 134 cm³/mol. The molecule has 1 unspecified atom stereocenters. The molecule has 0 fully saturated rings. The molecule has 1 heterocycles. The summed E-state index contributed by atoms with van der Waals surface area (Å²) in [5.41, 5.74) is 11.8. The van der Waals surface area contributed by atoms with Gasteiger partial charge in [0.15, 0.2) is 0 Å². The van der Waals surface area contributed by atoms with E-state index in [9.17, 15) is 0 Å². The van der Waals surface area contributed by atoms with Crippen LogP contribution in [0.1, 0.15) is 30.1 Å². The van der Waals surface area contributed by atoms with Gasteiger partial charge in [-0.3, -0.25) is 4.99 Å². The first-order valence-electron chi connectivity index (χ1n) is 10.6. The van der Waals surface area contributed by atoms with Crippen molar-refractivity contribution in [3.63, 3.8) is 0 Å². The van der Waals surface area contributed by atoms with Crippen molar-refractivity contribution in [1.82, 2.24) is 0 Å². The summed E-state index contributed by atoms with van der Waals surface area (Å²) in [4.78, 5) is 9.67. The minimum absolute atomic E-state index is 0.361. The minimum Gasteiger partial charge on any atom is -0.438 e. The number of nitrogens with two attached hydrogens (primary N) is 1. The lowest BCUT2D eigenvalue weighted by atomic mass is 10.0. The number of nitrogen functional groups attached to an aromatic ring is 1. The van der Waals surface area contributed by atoms with Crippen molar-refractivity contribution in [2.75, 3.05) is 5.73 Å². The van der Waals surface area contributed by atoms with E-state index in [2.05, 4.69) is 18.2 Å². The SMILES string of the molecule is Nc1ccc(Cl)cc1-c1ccc(C2N=C(C3=CCCC=C3)N=C(c3ccccc3)[N-]2)cc1. The maximum absolute atomic E-state index is 6.17. The Morgan fingerprint density at radius 3 is 2.47 bits per heavy atom. The Labute approximate surface area is 192 Å². The van der Waals surface area contributed by atoms with Crippen LogP contribution in [-0.4, -0.2) is 11.7 Å². The zero-order chi connectivity index (χ0) is 21.9. The van der Waals surface area contributed by atoms with E-state index in [-0.39, 0.29) is 6.17 Å². The number of rotatable bonds is 4. The van der Waals surface area contributed by atoms with Gasteiger partial charge < -0.3 is 16.0 Å². The van der Waals surface area contributed by atoms with Crippen molar-refractivity contribution in [1.29, 1.82) is 0 Å². The molecule has 5 heteroatoms. The molecule has 5 rings (SSSR count). The predicted octanol–water partition coefficient (Wildman–Crippen LogP) is 7.10. The molecule has 2 N–H and O–H groups in total. The molecule has 0 bridgehead atoms. The molecular formula is C27H22ClN4-. The van der Waals surface area contributed by atoms with E-state index in [4.69, 9.17) is 32.6 Å². The Bertz CT molecular complexity index is 1250. The molecule has 0 saturated heterocycles. The third kappa shape index (κ3) is 4.23. The fourth-order valence-corrected chi connectivity index (χ4v) is 4.00. The fourth-order valence-electron chi connectivity index (χ4n) is 3.83. The number of halogens is 1. The van der Waals surface area contributed by atoms with Gasteiger partial charge in [0, 0.05) is 16.3 Å². The second-order valence-corrected chi connectivity index (χ2v) is 8.19. The first-order valence-corrected chi connectivity index (χ1v) is 11.0. The smallest absolute Gasteiger partial charge is 0.0822 e. The normalized spacial score (nSPS) is 17.8. The Balaban J connectivity index is 1.50. The molecule has 0 aromatic heterocycles. The van der Waals surface area contributed by atoms with Crippen molar-refractivity contribution in [3.05, 3.63) is 118 Å². The molecule has 0 spiro atoms. The molecule has 0 saturated carbocycles. The van der Waals surface area contributed by atoms with E-state index in [0.29, 0.717) is 16.5 Å². The number of hydrogen-bond donors (Lipinski definition) is 1. The van der Waals surface area contributed by atoms with Gasteiger partial charge in [-0.05, 0) is 53.3 Å². The largest absolute Gasteiger partial charge is 0.438 e. The summed E-state index contributed by atoms with van der Waals surface area (Å²) in [5.74, 6) is 1.42. The molecule has 0 radical (unpaired) electrons. The quantitative estimate of drug-likeness (QED) is 0.434. The summed E-state index contributed by atoms with van der Waals surface area (Å²) >= 11 is 6.17. The number of allylic oxidation sites excluding steroid dienone is 2. The average molecular weight is 438 g/mol. The van der Waals surface area contributed by atoms with Gasteiger partial charge in [-0.2, -0.15) is 0 Å². The van der Waals surface area contributed by atoms with E-state index in [0.717, 1.165) is 46.5 Å². The van der Waals surface area contributed by atoms with Crippen LogP contribution in [0.25, 0.3) is 16.4 Å². The number of anilines is 1. The minimum atomic E-state index is -0.361. The summed E-state index contributed by atoms with van der Waals surface area (Å²) in [6.45, 7) is 0. The summed E-state index contributed by atoms with van der Waals surface area (Å²) < 4.78 is 0. The van der Waals surface area contributed by atoms with Crippen LogP contribution < -0.4 is 5.73 Å². The first-order chi connectivity index (χ1) is 15.7. The number of amidine groups is 2. The molecule has 3 aromatic rings. The summed E-state index contributed by atoms with van der Waals surface area (Å²) in [7, 11) is 0. The van der Waals surface area contributed by atoms with Crippen molar-refractivity contribution >= 4 is 29.0 Å². The second kappa shape index (κ2) is 8.85. The highest BCUT2D eigenvalue weighted by Gasteiger charge is 2.15. The Morgan fingerprint density at radius 2 is 1.72 bits per heavy atom. The maximum Gasteiger partial charge on any atom is 0.0822 e. The van der Waals surface area contributed by atoms with Crippen LogP contribution in [-0.2, 0) is 0 Å². The molecule has 4 nitrogen and oxygen atoms in total. The van der Waals surface area contributed by atoms with Gasteiger partial charge in [0.05, 0.1) is 12.0 Å². The topological polar surface area (TPSA) is 64.8 Å². The average Bonchev–Trinajstić information content (AvgIpc) is 2.86. The van der Waals surface area contributed by atoms with Crippen LogP contribution in [0.3, 0.4) is 0 Å². The second-order valence-electron chi connectivity index (χ2n) is 7.75. The zero-order valence-electron chi connectivity index (χ0n) is 17.4. The van der Waals surface area contributed by atoms with Gasteiger partial charge >= 0.3 is 0 Å². The van der Waals surface area contributed by atoms with Crippen molar-refractivity contribution < 1.29 is 0 Å². The van der Waals surface area contributed by atoms with Gasteiger partial charge in [-0.25, -0.2) is 0 Å². The molecule has 158 valence electrons. The first kappa shape index (κ1) is 20.3. The van der Waals surface area contributed by atoms with E-state index in [1.807, 2.05) is 66.7 Å². The van der Waals surface area contributed by atoms with Gasteiger partial charge in [0.25, 0.3) is 0 Å². The number of hydrogen-bond acceptors (Lipinski definition) is 3. The van der Waals surface area contributed by atoms with Crippen molar-refractivity contribution in [2.45, 2.75) is 19.0 Å². The lowest BCUT2D eigenvalue weighted by Gasteiger charge is -2.33. The van der Waals surface area contributed by atoms with Crippen LogP contribution in [0.15, 0.2) is 107 Å². The third-order valence-corrected chi connectivity index (χ3v) is 5.76. The standard InChI is InChI=1S/C27H22ClN4/c28-22-15-16-24(29)23(17-22)18-11-13-21(14-12-18)27-31-25(19-7-3-1-4-8-19)30-26(32-27)20-9-5-2-6-10-20/h1,3-5,7-17,27H,2,6,29H2/q-1. The Kier molecular flexibility index (Phi) is 5.61. The van der Waals surface area contributed by atoms with Crippen LogP contribution in [0, 0.1) is 0 Å². The Hall–Kier alpha value is -3.63. The van der Waals surface area contributed by atoms with Gasteiger partial charge in [-0.1, -0.05) is 90.3 Å². The number of nitrogens with zero attached hydrogens (tertiary/aromatic N) is 3. The van der Waals surface area contributed by atoms with Gasteiger partial charge in [0.2, 0.25) is 0 Å². The fraction of sp³-hybridized carbons (Fsp3) is 0.111. The summed E-state index contributed by atoms with van der Waals surface area (Å²) in [5, 5.41) is 5.53. The van der Waals surface area contributed by atoms with Gasteiger partial charge in [-0.15, -0.1) is 0 Å². The lowest BCUT2D eigenvalue weighted by Crippen LogP contribution is -2.16. The molecule has 0 amide bonds. The van der Waals surface area contributed by atoms with Crippen LogP contribution in [0.4, 0.5) is 5.69 Å².